The number of rotatable bonds is 4. The number of hydrogen-bond donors (Lipinski definition) is 1. The minimum Gasteiger partial charge on any atom is -0.437 e. The molecule has 1 heterocycles. The Balaban J connectivity index is 1.84. The molecule has 1 aromatic carbocycles. The quantitative estimate of drug-likeness (QED) is 0.924. The van der Waals surface area contributed by atoms with E-state index in [0.717, 1.165) is 36.1 Å². The maximum absolute atomic E-state index is 5.76. The van der Waals surface area contributed by atoms with Crippen LogP contribution in [0.1, 0.15) is 42.0 Å². The Morgan fingerprint density at radius 3 is 2.86 bits per heavy atom. The molecule has 1 aliphatic rings. The van der Waals surface area contributed by atoms with Gasteiger partial charge in [0.15, 0.2) is 0 Å². The first-order valence-electron chi connectivity index (χ1n) is 7.61. The molecule has 3 rings (SSSR count). The SMILES string of the molecule is CCNC1c2ccccc2CCC1Sc1nc(C)c(C)o1. The second kappa shape index (κ2) is 6.24. The van der Waals surface area contributed by atoms with Gasteiger partial charge in [-0.25, -0.2) is 4.98 Å². The summed E-state index contributed by atoms with van der Waals surface area (Å²) in [4.78, 5) is 4.52. The van der Waals surface area contributed by atoms with Gasteiger partial charge in [0.2, 0.25) is 0 Å². The Labute approximate surface area is 130 Å². The van der Waals surface area contributed by atoms with Crippen molar-refractivity contribution in [2.75, 3.05) is 6.54 Å². The lowest BCUT2D eigenvalue weighted by Gasteiger charge is -2.33. The van der Waals surface area contributed by atoms with Gasteiger partial charge in [0.1, 0.15) is 5.76 Å². The smallest absolute Gasteiger partial charge is 0.256 e. The van der Waals surface area contributed by atoms with E-state index >= 15 is 0 Å². The van der Waals surface area contributed by atoms with E-state index in [-0.39, 0.29) is 0 Å². The van der Waals surface area contributed by atoms with Crippen molar-refractivity contribution in [1.82, 2.24) is 10.3 Å². The Kier molecular flexibility index (Phi) is 4.36. The number of hydrogen-bond acceptors (Lipinski definition) is 4. The molecule has 3 nitrogen and oxygen atoms in total. The Bertz CT molecular complexity index is 604. The fraction of sp³-hybridized carbons (Fsp3) is 0.471. The highest BCUT2D eigenvalue weighted by Gasteiger charge is 2.30. The molecule has 1 aliphatic carbocycles. The number of nitrogens with one attached hydrogen (secondary N) is 1. The molecule has 0 aliphatic heterocycles. The molecule has 2 aromatic rings. The summed E-state index contributed by atoms with van der Waals surface area (Å²) in [5.74, 6) is 0.925. The van der Waals surface area contributed by atoms with Gasteiger partial charge in [0, 0.05) is 11.3 Å². The molecular formula is C17H22N2OS. The lowest BCUT2D eigenvalue weighted by Crippen LogP contribution is -2.34. The van der Waals surface area contributed by atoms with Crippen LogP contribution in [0.2, 0.25) is 0 Å². The van der Waals surface area contributed by atoms with Gasteiger partial charge in [0.25, 0.3) is 5.22 Å². The van der Waals surface area contributed by atoms with Crippen LogP contribution in [0.25, 0.3) is 0 Å². The molecule has 0 bridgehead atoms. The minimum atomic E-state index is 0.373. The standard InChI is InChI=1S/C17H22N2OS/c1-4-18-16-14-8-6-5-7-13(14)9-10-15(16)21-17-19-11(2)12(3)20-17/h5-8,15-16,18H,4,9-10H2,1-3H3. The van der Waals surface area contributed by atoms with E-state index in [1.165, 1.54) is 11.1 Å². The third-order valence-electron chi connectivity index (χ3n) is 4.15. The monoisotopic (exact) mass is 302 g/mol. The highest BCUT2D eigenvalue weighted by molar-refractivity contribution is 7.99. The van der Waals surface area contributed by atoms with Crippen LogP contribution in [0.3, 0.4) is 0 Å². The number of aryl methyl sites for hydroxylation is 3. The van der Waals surface area contributed by atoms with Crippen LogP contribution in [0.5, 0.6) is 0 Å². The van der Waals surface area contributed by atoms with Crippen LogP contribution in [0.4, 0.5) is 0 Å². The lowest BCUT2D eigenvalue weighted by molar-refractivity contribution is 0.424. The fourth-order valence-corrected chi connectivity index (χ4v) is 4.18. The summed E-state index contributed by atoms with van der Waals surface area (Å²) in [5.41, 5.74) is 3.90. The van der Waals surface area contributed by atoms with Crippen molar-refractivity contribution in [3.63, 3.8) is 0 Å². The van der Waals surface area contributed by atoms with Crippen LogP contribution in [0.15, 0.2) is 33.9 Å². The van der Waals surface area contributed by atoms with Crippen molar-refractivity contribution in [3.8, 4) is 0 Å². The van der Waals surface area contributed by atoms with Gasteiger partial charge in [0.05, 0.1) is 5.69 Å². The van der Waals surface area contributed by atoms with Gasteiger partial charge in [-0.2, -0.15) is 0 Å². The summed E-state index contributed by atoms with van der Waals surface area (Å²) in [5, 5.41) is 4.91. The van der Waals surface area contributed by atoms with Gasteiger partial charge in [-0.3, -0.25) is 0 Å². The lowest BCUT2D eigenvalue weighted by atomic mass is 9.87. The Hall–Kier alpha value is -1.26. The molecule has 0 radical (unpaired) electrons. The van der Waals surface area contributed by atoms with Crippen molar-refractivity contribution in [2.45, 2.75) is 50.1 Å². The maximum atomic E-state index is 5.76. The molecule has 0 saturated carbocycles. The normalized spacial score (nSPS) is 21.3. The van der Waals surface area contributed by atoms with E-state index in [0.29, 0.717) is 11.3 Å². The number of benzene rings is 1. The summed E-state index contributed by atoms with van der Waals surface area (Å²) in [7, 11) is 0. The third kappa shape index (κ3) is 3.01. The van der Waals surface area contributed by atoms with Crippen molar-refractivity contribution < 1.29 is 4.42 Å². The van der Waals surface area contributed by atoms with Gasteiger partial charge < -0.3 is 9.73 Å². The van der Waals surface area contributed by atoms with E-state index < -0.39 is 0 Å². The summed E-state index contributed by atoms with van der Waals surface area (Å²) < 4.78 is 5.76. The molecular weight excluding hydrogens is 280 g/mol. The van der Waals surface area contributed by atoms with Gasteiger partial charge >= 0.3 is 0 Å². The van der Waals surface area contributed by atoms with E-state index in [2.05, 4.69) is 41.5 Å². The predicted octanol–water partition coefficient (Wildman–Crippen LogP) is 4.05. The van der Waals surface area contributed by atoms with Crippen molar-refractivity contribution >= 4 is 11.8 Å². The van der Waals surface area contributed by atoms with Crippen LogP contribution in [-0.2, 0) is 6.42 Å². The molecule has 4 heteroatoms. The minimum absolute atomic E-state index is 0.373. The van der Waals surface area contributed by atoms with E-state index in [9.17, 15) is 0 Å². The predicted molar refractivity (Wildman–Crippen MR) is 86.8 cm³/mol. The Morgan fingerprint density at radius 1 is 1.33 bits per heavy atom. The zero-order valence-corrected chi connectivity index (χ0v) is 13.7. The van der Waals surface area contributed by atoms with Gasteiger partial charge in [-0.1, -0.05) is 43.0 Å². The first-order valence-corrected chi connectivity index (χ1v) is 8.49. The Morgan fingerprint density at radius 2 is 2.14 bits per heavy atom. The highest BCUT2D eigenvalue weighted by atomic mass is 32.2. The first kappa shape index (κ1) is 14.7. The van der Waals surface area contributed by atoms with E-state index in [4.69, 9.17) is 4.42 Å². The number of aromatic nitrogens is 1. The maximum Gasteiger partial charge on any atom is 0.256 e. The second-order valence-corrected chi connectivity index (χ2v) is 6.74. The molecule has 2 atom stereocenters. The molecule has 112 valence electrons. The summed E-state index contributed by atoms with van der Waals surface area (Å²) in [6.07, 6.45) is 2.29. The fourth-order valence-electron chi connectivity index (χ4n) is 2.94. The molecule has 1 N–H and O–H groups in total. The van der Waals surface area contributed by atoms with Crippen molar-refractivity contribution in [2.24, 2.45) is 0 Å². The molecule has 0 spiro atoms. The zero-order chi connectivity index (χ0) is 14.8. The molecule has 0 amide bonds. The average Bonchev–Trinajstić information content (AvgIpc) is 2.80. The average molecular weight is 302 g/mol. The van der Waals surface area contributed by atoms with Crippen LogP contribution >= 0.6 is 11.8 Å². The van der Waals surface area contributed by atoms with Crippen LogP contribution in [-0.4, -0.2) is 16.8 Å². The van der Waals surface area contributed by atoms with Crippen LogP contribution in [0, 0.1) is 13.8 Å². The van der Waals surface area contributed by atoms with Crippen LogP contribution < -0.4 is 5.32 Å². The van der Waals surface area contributed by atoms with Crippen molar-refractivity contribution in [1.29, 1.82) is 0 Å². The summed E-state index contributed by atoms with van der Waals surface area (Å²) >= 11 is 1.77. The molecule has 21 heavy (non-hydrogen) atoms. The van der Waals surface area contributed by atoms with Gasteiger partial charge in [-0.05, 0) is 44.4 Å². The second-order valence-electron chi connectivity index (χ2n) is 5.55. The van der Waals surface area contributed by atoms with Gasteiger partial charge in [-0.15, -0.1) is 0 Å². The third-order valence-corrected chi connectivity index (χ3v) is 5.33. The number of fused-ring (bicyclic) bond motifs is 1. The summed E-state index contributed by atoms with van der Waals surface area (Å²) in [6, 6.07) is 9.14. The topological polar surface area (TPSA) is 38.1 Å². The number of oxazole rings is 1. The molecule has 0 saturated heterocycles. The number of nitrogens with zero attached hydrogens (tertiary/aromatic N) is 1. The largest absolute Gasteiger partial charge is 0.437 e. The highest BCUT2D eigenvalue weighted by Crippen LogP contribution is 2.40. The first-order chi connectivity index (χ1) is 10.2. The molecule has 1 aromatic heterocycles. The van der Waals surface area contributed by atoms with E-state index in [1.807, 2.05) is 13.8 Å². The molecule has 0 fully saturated rings. The van der Waals surface area contributed by atoms with Crippen molar-refractivity contribution in [3.05, 3.63) is 46.8 Å². The van der Waals surface area contributed by atoms with E-state index in [1.54, 1.807) is 11.8 Å². The molecule has 2 unspecified atom stereocenters. The summed E-state index contributed by atoms with van der Waals surface area (Å²) in [6.45, 7) is 7.11. The number of thioether (sulfide) groups is 1. The zero-order valence-electron chi connectivity index (χ0n) is 12.8.